The van der Waals surface area contributed by atoms with E-state index in [0.29, 0.717) is 28.2 Å². The van der Waals surface area contributed by atoms with Crippen LogP contribution < -0.4 is 9.88 Å². The van der Waals surface area contributed by atoms with Gasteiger partial charge in [-0.3, -0.25) is 4.79 Å². The highest BCUT2D eigenvalue weighted by Crippen LogP contribution is 2.44. The molecular formula is C22H25NO5S. The number of hydrogen-bond acceptors (Lipinski definition) is 5. The Labute approximate surface area is 171 Å². The van der Waals surface area contributed by atoms with Crippen LogP contribution in [0.3, 0.4) is 0 Å². The third kappa shape index (κ3) is 3.93. The van der Waals surface area contributed by atoms with Crippen LogP contribution in [0.5, 0.6) is 5.75 Å². The highest BCUT2D eigenvalue weighted by molar-refractivity contribution is 7.89. The van der Waals surface area contributed by atoms with Gasteiger partial charge in [0.25, 0.3) is 0 Å². The number of Topliss-reactive ketones (excluding diaryl/α,β-unsaturated/α-hetero) is 1. The summed E-state index contributed by atoms with van der Waals surface area (Å²) in [6.07, 6.45) is 0. The molecule has 0 radical (unpaired) electrons. The van der Waals surface area contributed by atoms with Crippen LogP contribution in [-0.2, 0) is 19.6 Å². The van der Waals surface area contributed by atoms with E-state index in [1.54, 1.807) is 33.1 Å². The number of methoxy groups -OCH3 is 1. The molecule has 0 amide bonds. The molecule has 1 aliphatic rings. The second-order valence-corrected chi connectivity index (χ2v) is 9.39. The lowest BCUT2D eigenvalue weighted by Crippen LogP contribution is -2.29. The van der Waals surface area contributed by atoms with Crippen LogP contribution in [0.15, 0.2) is 47.4 Å². The standard InChI is InChI=1S/C22H25NO5S/c1-13(2)15-8-11-18(27-5)17(12-15)19-20(28-22(3,4)21(19)24)14-6-9-16(10-7-14)29(23,25)26/h6-13H,1-5H3,(H2,23,25,26). The molecule has 0 spiro atoms. The van der Waals surface area contributed by atoms with Gasteiger partial charge < -0.3 is 9.47 Å². The number of benzene rings is 2. The first-order valence-electron chi connectivity index (χ1n) is 9.25. The van der Waals surface area contributed by atoms with E-state index in [2.05, 4.69) is 13.8 Å². The van der Waals surface area contributed by atoms with Gasteiger partial charge in [0.05, 0.1) is 17.6 Å². The van der Waals surface area contributed by atoms with Crippen LogP contribution in [-0.4, -0.2) is 26.9 Å². The summed E-state index contributed by atoms with van der Waals surface area (Å²) >= 11 is 0. The number of hydrogen-bond donors (Lipinski definition) is 1. The van der Waals surface area contributed by atoms with E-state index < -0.39 is 15.6 Å². The molecule has 0 aliphatic carbocycles. The first-order valence-corrected chi connectivity index (χ1v) is 10.8. The number of rotatable bonds is 5. The predicted molar refractivity (Wildman–Crippen MR) is 112 cm³/mol. The van der Waals surface area contributed by atoms with E-state index in [9.17, 15) is 13.2 Å². The highest BCUT2D eigenvalue weighted by atomic mass is 32.2. The van der Waals surface area contributed by atoms with Crippen molar-refractivity contribution in [3.63, 3.8) is 0 Å². The number of carbonyl (C=O) groups is 1. The zero-order valence-corrected chi connectivity index (χ0v) is 18.0. The number of ketones is 1. The monoisotopic (exact) mass is 415 g/mol. The lowest BCUT2D eigenvalue weighted by molar-refractivity contribution is -0.125. The topological polar surface area (TPSA) is 95.7 Å². The molecule has 3 rings (SSSR count). The van der Waals surface area contributed by atoms with Crippen molar-refractivity contribution < 1.29 is 22.7 Å². The zero-order chi connectivity index (χ0) is 21.6. The van der Waals surface area contributed by atoms with Crippen molar-refractivity contribution in [2.24, 2.45) is 5.14 Å². The highest BCUT2D eigenvalue weighted by Gasteiger charge is 2.43. The molecule has 2 aromatic carbocycles. The van der Waals surface area contributed by atoms with Gasteiger partial charge in [-0.05, 0) is 61.7 Å². The van der Waals surface area contributed by atoms with Crippen molar-refractivity contribution in [2.75, 3.05) is 7.11 Å². The zero-order valence-electron chi connectivity index (χ0n) is 17.1. The summed E-state index contributed by atoms with van der Waals surface area (Å²) in [5.41, 5.74) is 1.66. The second kappa shape index (κ2) is 7.31. The van der Waals surface area contributed by atoms with Crippen LogP contribution in [0.1, 0.15) is 50.3 Å². The number of carbonyl (C=O) groups excluding carboxylic acids is 1. The molecule has 0 atom stereocenters. The van der Waals surface area contributed by atoms with E-state index in [0.717, 1.165) is 5.56 Å². The molecule has 1 heterocycles. The van der Waals surface area contributed by atoms with Gasteiger partial charge in [0.15, 0.2) is 5.60 Å². The van der Waals surface area contributed by atoms with Gasteiger partial charge in [0.1, 0.15) is 11.5 Å². The summed E-state index contributed by atoms with van der Waals surface area (Å²) in [7, 11) is -2.26. The van der Waals surface area contributed by atoms with Gasteiger partial charge in [0, 0.05) is 11.1 Å². The van der Waals surface area contributed by atoms with Gasteiger partial charge in [-0.2, -0.15) is 0 Å². The molecule has 154 valence electrons. The fourth-order valence-electron chi connectivity index (χ4n) is 3.28. The lowest BCUT2D eigenvalue weighted by atomic mass is 9.89. The average molecular weight is 416 g/mol. The fourth-order valence-corrected chi connectivity index (χ4v) is 3.80. The van der Waals surface area contributed by atoms with Crippen LogP contribution in [0.4, 0.5) is 0 Å². The Kier molecular flexibility index (Phi) is 5.32. The van der Waals surface area contributed by atoms with Crippen molar-refractivity contribution in [3.05, 3.63) is 59.2 Å². The van der Waals surface area contributed by atoms with Gasteiger partial charge in [-0.25, -0.2) is 13.6 Å². The Morgan fingerprint density at radius 1 is 1.07 bits per heavy atom. The lowest BCUT2D eigenvalue weighted by Gasteiger charge is -2.18. The molecule has 0 aromatic heterocycles. The Hall–Kier alpha value is -2.64. The van der Waals surface area contributed by atoms with Gasteiger partial charge in [0.2, 0.25) is 15.8 Å². The minimum Gasteiger partial charge on any atom is -0.496 e. The summed E-state index contributed by atoms with van der Waals surface area (Å²) in [4.78, 5) is 13.2. The van der Waals surface area contributed by atoms with E-state index in [4.69, 9.17) is 14.6 Å². The maximum atomic E-state index is 13.2. The minimum atomic E-state index is -3.81. The molecule has 6 nitrogen and oxygen atoms in total. The van der Waals surface area contributed by atoms with Crippen molar-refractivity contribution in [1.29, 1.82) is 0 Å². The molecule has 0 saturated carbocycles. The third-order valence-electron chi connectivity index (χ3n) is 4.96. The summed E-state index contributed by atoms with van der Waals surface area (Å²) in [5.74, 6) is 1.06. The van der Waals surface area contributed by atoms with E-state index in [1.165, 1.54) is 12.1 Å². The fraction of sp³-hybridized carbons (Fsp3) is 0.318. The summed E-state index contributed by atoms with van der Waals surface area (Å²) in [6.45, 7) is 7.56. The van der Waals surface area contributed by atoms with Gasteiger partial charge in [-0.1, -0.05) is 19.9 Å². The number of sulfonamides is 1. The smallest absolute Gasteiger partial charge is 0.238 e. The average Bonchev–Trinajstić information content (AvgIpc) is 2.90. The van der Waals surface area contributed by atoms with Crippen LogP contribution in [0, 0.1) is 0 Å². The number of nitrogens with two attached hydrogens (primary N) is 1. The maximum absolute atomic E-state index is 13.2. The molecule has 7 heteroatoms. The molecular weight excluding hydrogens is 390 g/mol. The van der Waals surface area contributed by atoms with E-state index in [1.807, 2.05) is 18.2 Å². The Balaban J connectivity index is 2.25. The first-order chi connectivity index (χ1) is 13.5. The minimum absolute atomic E-state index is 0.00799. The van der Waals surface area contributed by atoms with E-state index >= 15 is 0 Å². The first kappa shape index (κ1) is 21.1. The van der Waals surface area contributed by atoms with Crippen molar-refractivity contribution in [3.8, 4) is 5.75 Å². The summed E-state index contributed by atoms with van der Waals surface area (Å²) < 4.78 is 34.7. The molecule has 0 unspecified atom stereocenters. The van der Waals surface area contributed by atoms with Crippen molar-refractivity contribution in [2.45, 2.75) is 44.1 Å². The van der Waals surface area contributed by atoms with Gasteiger partial charge >= 0.3 is 0 Å². The molecule has 0 fully saturated rings. The van der Waals surface area contributed by atoms with Crippen molar-refractivity contribution >= 4 is 27.1 Å². The SMILES string of the molecule is COc1ccc(C(C)C)cc1C1=C(c2ccc(S(N)(=O)=O)cc2)OC(C)(C)C1=O. The number of ether oxygens (including phenoxy) is 2. The molecule has 0 saturated heterocycles. The second-order valence-electron chi connectivity index (χ2n) is 7.83. The maximum Gasteiger partial charge on any atom is 0.238 e. The third-order valence-corrected chi connectivity index (χ3v) is 5.89. The molecule has 29 heavy (non-hydrogen) atoms. The van der Waals surface area contributed by atoms with Crippen LogP contribution >= 0.6 is 0 Å². The normalized spacial score (nSPS) is 16.3. The molecule has 1 aliphatic heterocycles. The number of primary sulfonamides is 1. The van der Waals surface area contributed by atoms with Gasteiger partial charge in [-0.15, -0.1) is 0 Å². The molecule has 0 bridgehead atoms. The van der Waals surface area contributed by atoms with Crippen LogP contribution in [0.25, 0.3) is 11.3 Å². The quantitative estimate of drug-likeness (QED) is 0.803. The van der Waals surface area contributed by atoms with E-state index in [-0.39, 0.29) is 16.6 Å². The Bertz CT molecular complexity index is 1100. The largest absolute Gasteiger partial charge is 0.496 e. The summed E-state index contributed by atoms with van der Waals surface area (Å²) in [5, 5.41) is 5.18. The molecule has 2 aromatic rings. The van der Waals surface area contributed by atoms with Crippen molar-refractivity contribution in [1.82, 2.24) is 0 Å². The summed E-state index contributed by atoms with van der Waals surface area (Å²) in [6, 6.07) is 11.7. The van der Waals surface area contributed by atoms with Crippen LogP contribution in [0.2, 0.25) is 0 Å². The molecule has 2 N–H and O–H groups in total. The predicted octanol–water partition coefficient (Wildman–Crippen LogP) is 3.71. The Morgan fingerprint density at radius 2 is 1.69 bits per heavy atom. The Morgan fingerprint density at radius 3 is 2.21 bits per heavy atom.